The van der Waals surface area contributed by atoms with Gasteiger partial charge in [0.25, 0.3) is 0 Å². The molecule has 0 saturated carbocycles. The summed E-state index contributed by atoms with van der Waals surface area (Å²) >= 11 is 1.49. The Balaban J connectivity index is 2.25. The Kier molecular flexibility index (Phi) is 5.45. The van der Waals surface area contributed by atoms with E-state index in [2.05, 4.69) is 5.32 Å². The number of rotatable bonds is 6. The zero-order valence-corrected chi connectivity index (χ0v) is 10.4. The molecule has 1 heterocycles. The van der Waals surface area contributed by atoms with E-state index in [1.807, 2.05) is 31.4 Å². The van der Waals surface area contributed by atoms with Crippen molar-refractivity contribution in [2.45, 2.75) is 26.0 Å². The largest absolute Gasteiger partial charge is 0.377 e. The third kappa shape index (κ3) is 4.30. The minimum Gasteiger partial charge on any atom is -0.377 e. The molecule has 0 saturated heterocycles. The van der Waals surface area contributed by atoms with E-state index in [-0.39, 0.29) is 12.0 Å². The summed E-state index contributed by atoms with van der Waals surface area (Å²) in [7, 11) is 0. The Morgan fingerprint density at radius 3 is 2.94 bits per heavy atom. The lowest BCUT2D eigenvalue weighted by Gasteiger charge is -2.11. The predicted molar refractivity (Wildman–Crippen MR) is 65.3 cm³/mol. The van der Waals surface area contributed by atoms with Gasteiger partial charge in [-0.05, 0) is 25.3 Å². The number of hydrogen-bond donors (Lipinski definition) is 2. The van der Waals surface area contributed by atoms with Gasteiger partial charge in [0, 0.05) is 11.4 Å². The van der Waals surface area contributed by atoms with Gasteiger partial charge in [0.2, 0.25) is 5.91 Å². The van der Waals surface area contributed by atoms with Crippen LogP contribution in [0.4, 0.5) is 0 Å². The van der Waals surface area contributed by atoms with Crippen LogP contribution in [0.2, 0.25) is 0 Å². The lowest BCUT2D eigenvalue weighted by molar-refractivity contribution is -0.122. The summed E-state index contributed by atoms with van der Waals surface area (Å²) in [5, 5.41) is 4.65. The van der Waals surface area contributed by atoms with Gasteiger partial charge in [-0.1, -0.05) is 6.07 Å². The Hall–Kier alpha value is -0.910. The third-order valence-corrected chi connectivity index (χ3v) is 2.94. The van der Waals surface area contributed by atoms with Crippen LogP contribution in [0.3, 0.4) is 0 Å². The number of thiophene rings is 1. The predicted octanol–water partition coefficient (Wildman–Crippen LogP) is 1.29. The maximum atomic E-state index is 11.6. The van der Waals surface area contributed by atoms with Crippen molar-refractivity contribution in [1.82, 2.24) is 5.32 Å². The van der Waals surface area contributed by atoms with Crippen molar-refractivity contribution in [2.24, 2.45) is 5.73 Å². The van der Waals surface area contributed by atoms with E-state index in [9.17, 15) is 4.79 Å². The van der Waals surface area contributed by atoms with Crippen LogP contribution in [0, 0.1) is 0 Å². The van der Waals surface area contributed by atoms with E-state index >= 15 is 0 Å². The number of carbonyl (C=O) groups excluding carboxylic acids is 1. The van der Waals surface area contributed by atoms with Crippen molar-refractivity contribution in [3.05, 3.63) is 22.4 Å². The molecule has 4 nitrogen and oxygen atoms in total. The molecule has 0 fully saturated rings. The van der Waals surface area contributed by atoms with Crippen LogP contribution in [-0.4, -0.2) is 25.2 Å². The van der Waals surface area contributed by atoms with Crippen LogP contribution in [0.15, 0.2) is 17.5 Å². The number of hydrogen-bond acceptors (Lipinski definition) is 4. The average Bonchev–Trinajstić information content (AvgIpc) is 2.76. The molecule has 0 aliphatic heterocycles. The maximum absolute atomic E-state index is 11.6. The Labute approximate surface area is 99.8 Å². The van der Waals surface area contributed by atoms with Gasteiger partial charge in [0.15, 0.2) is 0 Å². The normalized spacial score (nSPS) is 12.8. The standard InChI is InChI=1S/C11H18N2O2S/c1-8(2)15-6-5-13-11(14)10(12)9-4-3-7-16-9/h3-4,7-8,10H,5-6,12H2,1-2H3,(H,13,14). The van der Waals surface area contributed by atoms with E-state index in [0.29, 0.717) is 13.2 Å². The summed E-state index contributed by atoms with van der Waals surface area (Å²) < 4.78 is 5.31. The van der Waals surface area contributed by atoms with Crippen LogP contribution >= 0.6 is 11.3 Å². The van der Waals surface area contributed by atoms with Crippen molar-refractivity contribution >= 4 is 17.2 Å². The first kappa shape index (κ1) is 13.2. The molecule has 0 aliphatic rings. The van der Waals surface area contributed by atoms with Crippen molar-refractivity contribution in [2.75, 3.05) is 13.2 Å². The highest BCUT2D eigenvalue weighted by molar-refractivity contribution is 7.10. The number of amides is 1. The second kappa shape index (κ2) is 6.62. The minimum absolute atomic E-state index is 0.158. The average molecular weight is 242 g/mol. The molecule has 1 aromatic rings. The first-order valence-corrected chi connectivity index (χ1v) is 6.17. The van der Waals surface area contributed by atoms with Gasteiger partial charge in [0.1, 0.15) is 6.04 Å². The minimum atomic E-state index is -0.570. The van der Waals surface area contributed by atoms with Crippen LogP contribution < -0.4 is 11.1 Å². The molecule has 1 unspecified atom stereocenters. The molecule has 1 rings (SSSR count). The summed E-state index contributed by atoms with van der Waals surface area (Å²) in [5.74, 6) is -0.158. The molecule has 5 heteroatoms. The van der Waals surface area contributed by atoms with E-state index in [1.54, 1.807) is 0 Å². The molecule has 0 radical (unpaired) electrons. The zero-order valence-electron chi connectivity index (χ0n) is 9.60. The van der Waals surface area contributed by atoms with Crippen LogP contribution in [-0.2, 0) is 9.53 Å². The molecule has 0 aliphatic carbocycles. The van der Waals surface area contributed by atoms with Crippen molar-refractivity contribution in [3.8, 4) is 0 Å². The fourth-order valence-corrected chi connectivity index (χ4v) is 1.90. The van der Waals surface area contributed by atoms with Gasteiger partial charge in [-0.25, -0.2) is 0 Å². The van der Waals surface area contributed by atoms with E-state index in [1.165, 1.54) is 11.3 Å². The fraction of sp³-hybridized carbons (Fsp3) is 0.545. The molecule has 3 N–H and O–H groups in total. The summed E-state index contributed by atoms with van der Waals surface area (Å²) in [6.45, 7) is 4.93. The Morgan fingerprint density at radius 1 is 1.62 bits per heavy atom. The third-order valence-electron chi connectivity index (χ3n) is 1.98. The lowest BCUT2D eigenvalue weighted by atomic mass is 10.2. The Bertz CT molecular complexity index is 312. The van der Waals surface area contributed by atoms with Gasteiger partial charge in [0.05, 0.1) is 12.7 Å². The van der Waals surface area contributed by atoms with Crippen molar-refractivity contribution in [3.63, 3.8) is 0 Å². The SMILES string of the molecule is CC(C)OCCNC(=O)C(N)c1cccs1. The lowest BCUT2D eigenvalue weighted by Crippen LogP contribution is -2.35. The maximum Gasteiger partial charge on any atom is 0.242 e. The smallest absolute Gasteiger partial charge is 0.242 e. The molecule has 16 heavy (non-hydrogen) atoms. The number of nitrogens with two attached hydrogens (primary N) is 1. The van der Waals surface area contributed by atoms with Gasteiger partial charge in [-0.3, -0.25) is 4.79 Å². The topological polar surface area (TPSA) is 64.3 Å². The number of ether oxygens (including phenoxy) is 1. The van der Waals surface area contributed by atoms with E-state index in [0.717, 1.165) is 4.88 Å². The first-order chi connectivity index (χ1) is 7.61. The molecule has 1 atom stereocenters. The molecule has 0 spiro atoms. The van der Waals surface area contributed by atoms with Gasteiger partial charge in [-0.2, -0.15) is 0 Å². The summed E-state index contributed by atoms with van der Waals surface area (Å²) in [6, 6.07) is 3.17. The van der Waals surface area contributed by atoms with Gasteiger partial charge in [-0.15, -0.1) is 11.3 Å². The highest BCUT2D eigenvalue weighted by Gasteiger charge is 2.15. The first-order valence-electron chi connectivity index (χ1n) is 5.29. The molecule has 90 valence electrons. The highest BCUT2D eigenvalue weighted by atomic mass is 32.1. The second-order valence-electron chi connectivity index (χ2n) is 3.70. The molecular weight excluding hydrogens is 224 g/mol. The Morgan fingerprint density at radius 2 is 2.38 bits per heavy atom. The molecule has 1 aromatic heterocycles. The van der Waals surface area contributed by atoms with Crippen molar-refractivity contribution in [1.29, 1.82) is 0 Å². The molecular formula is C11H18N2O2S. The van der Waals surface area contributed by atoms with Gasteiger partial charge >= 0.3 is 0 Å². The molecule has 0 aromatic carbocycles. The monoisotopic (exact) mass is 242 g/mol. The quantitative estimate of drug-likeness (QED) is 0.739. The van der Waals surface area contributed by atoms with E-state index in [4.69, 9.17) is 10.5 Å². The molecule has 1 amide bonds. The summed E-state index contributed by atoms with van der Waals surface area (Å²) in [5.41, 5.74) is 5.78. The fourth-order valence-electron chi connectivity index (χ4n) is 1.18. The van der Waals surface area contributed by atoms with Crippen LogP contribution in [0.5, 0.6) is 0 Å². The van der Waals surface area contributed by atoms with Crippen LogP contribution in [0.1, 0.15) is 24.8 Å². The highest BCUT2D eigenvalue weighted by Crippen LogP contribution is 2.16. The zero-order chi connectivity index (χ0) is 12.0. The van der Waals surface area contributed by atoms with Crippen molar-refractivity contribution < 1.29 is 9.53 Å². The summed E-state index contributed by atoms with van der Waals surface area (Å²) in [4.78, 5) is 12.5. The van der Waals surface area contributed by atoms with E-state index < -0.39 is 6.04 Å². The summed E-state index contributed by atoms with van der Waals surface area (Å²) in [6.07, 6.45) is 0.183. The number of carbonyl (C=O) groups is 1. The second-order valence-corrected chi connectivity index (χ2v) is 4.68. The van der Waals surface area contributed by atoms with Gasteiger partial charge < -0.3 is 15.8 Å². The molecule has 0 bridgehead atoms. The number of nitrogens with one attached hydrogen (secondary N) is 1. The van der Waals surface area contributed by atoms with Crippen LogP contribution in [0.25, 0.3) is 0 Å².